The molecular formula is C20H26N2O4S. The second-order valence-electron chi connectivity index (χ2n) is 7.32. The molecule has 2 aromatic carbocycles. The van der Waals surface area contributed by atoms with E-state index in [1.807, 2.05) is 27.7 Å². The Kier molecular flexibility index (Phi) is 6.15. The summed E-state index contributed by atoms with van der Waals surface area (Å²) >= 11 is 0. The fourth-order valence-electron chi connectivity index (χ4n) is 2.51. The molecule has 0 saturated carbocycles. The number of nitrogens with one attached hydrogen (secondary N) is 1. The van der Waals surface area contributed by atoms with Crippen LogP contribution in [0.25, 0.3) is 0 Å². The number of aryl methyl sites for hydroxylation is 1. The maximum atomic E-state index is 13.2. The summed E-state index contributed by atoms with van der Waals surface area (Å²) in [5, 5.41) is 2.80. The quantitative estimate of drug-likeness (QED) is 0.822. The minimum absolute atomic E-state index is 0.125. The Balaban J connectivity index is 2.48. The molecule has 0 aliphatic heterocycles. The molecule has 0 radical (unpaired) electrons. The van der Waals surface area contributed by atoms with E-state index in [1.54, 1.807) is 48.5 Å². The average Bonchev–Trinajstić information content (AvgIpc) is 2.58. The van der Waals surface area contributed by atoms with Crippen molar-refractivity contribution in [3.05, 3.63) is 54.1 Å². The molecule has 0 spiro atoms. The highest BCUT2D eigenvalue weighted by Gasteiger charge is 2.28. The molecule has 0 unspecified atom stereocenters. The third kappa shape index (κ3) is 5.47. The number of ether oxygens (including phenoxy) is 1. The van der Waals surface area contributed by atoms with E-state index in [0.717, 1.165) is 9.87 Å². The molecule has 0 saturated heterocycles. The Morgan fingerprint density at radius 2 is 1.74 bits per heavy atom. The van der Waals surface area contributed by atoms with Crippen LogP contribution >= 0.6 is 0 Å². The van der Waals surface area contributed by atoms with Crippen LogP contribution < -0.4 is 14.4 Å². The summed E-state index contributed by atoms with van der Waals surface area (Å²) < 4.78 is 32.8. The Morgan fingerprint density at radius 1 is 1.11 bits per heavy atom. The Morgan fingerprint density at radius 3 is 2.30 bits per heavy atom. The number of anilines is 1. The number of amides is 1. The first kappa shape index (κ1) is 20.8. The van der Waals surface area contributed by atoms with Gasteiger partial charge in [-0.15, -0.1) is 0 Å². The number of sulfonamides is 1. The van der Waals surface area contributed by atoms with Crippen LogP contribution in [0, 0.1) is 6.92 Å². The zero-order valence-corrected chi connectivity index (χ0v) is 17.1. The predicted molar refractivity (Wildman–Crippen MR) is 107 cm³/mol. The van der Waals surface area contributed by atoms with Gasteiger partial charge in [0.15, 0.2) is 0 Å². The molecule has 0 atom stereocenters. The molecule has 0 fully saturated rings. The van der Waals surface area contributed by atoms with E-state index in [9.17, 15) is 13.2 Å². The molecule has 27 heavy (non-hydrogen) atoms. The van der Waals surface area contributed by atoms with Gasteiger partial charge in [0.2, 0.25) is 5.91 Å². The summed E-state index contributed by atoms with van der Waals surface area (Å²) in [5.41, 5.74) is 0.844. The Bertz CT molecular complexity index is 900. The highest BCUT2D eigenvalue weighted by molar-refractivity contribution is 7.92. The number of rotatable bonds is 6. The van der Waals surface area contributed by atoms with Gasteiger partial charge in [-0.2, -0.15) is 0 Å². The predicted octanol–water partition coefficient (Wildman–Crippen LogP) is 3.11. The zero-order chi connectivity index (χ0) is 20.2. The van der Waals surface area contributed by atoms with Crippen LogP contribution in [0.3, 0.4) is 0 Å². The first-order valence-electron chi connectivity index (χ1n) is 8.57. The molecule has 7 heteroatoms. The van der Waals surface area contributed by atoms with Crippen molar-refractivity contribution >= 4 is 21.6 Å². The first-order chi connectivity index (χ1) is 12.5. The van der Waals surface area contributed by atoms with Crippen LogP contribution in [0.1, 0.15) is 26.3 Å². The van der Waals surface area contributed by atoms with Crippen molar-refractivity contribution in [3.8, 4) is 5.75 Å². The largest absolute Gasteiger partial charge is 0.497 e. The summed E-state index contributed by atoms with van der Waals surface area (Å²) in [6.45, 7) is 7.08. The third-order valence-corrected chi connectivity index (χ3v) is 5.54. The van der Waals surface area contributed by atoms with E-state index in [-0.39, 0.29) is 17.3 Å². The normalized spacial score (nSPS) is 11.7. The number of methoxy groups -OCH3 is 1. The van der Waals surface area contributed by atoms with Crippen LogP contribution in [0.2, 0.25) is 0 Å². The fraction of sp³-hybridized carbons (Fsp3) is 0.350. The molecule has 0 aliphatic rings. The second-order valence-corrected chi connectivity index (χ2v) is 9.19. The molecule has 146 valence electrons. The van der Waals surface area contributed by atoms with Gasteiger partial charge >= 0.3 is 0 Å². The molecule has 2 rings (SSSR count). The number of nitrogens with zero attached hydrogens (tertiary/aromatic N) is 1. The number of hydrogen-bond donors (Lipinski definition) is 1. The van der Waals surface area contributed by atoms with E-state index in [1.165, 1.54) is 7.11 Å². The Hall–Kier alpha value is -2.54. The van der Waals surface area contributed by atoms with Gasteiger partial charge in [-0.3, -0.25) is 9.10 Å². The lowest BCUT2D eigenvalue weighted by atomic mass is 10.1. The maximum Gasteiger partial charge on any atom is 0.264 e. The summed E-state index contributed by atoms with van der Waals surface area (Å²) in [7, 11) is -2.43. The van der Waals surface area contributed by atoms with Crippen molar-refractivity contribution in [2.45, 2.75) is 38.1 Å². The average molecular weight is 391 g/mol. The summed E-state index contributed by atoms with van der Waals surface area (Å²) in [6, 6.07) is 13.2. The van der Waals surface area contributed by atoms with Crippen molar-refractivity contribution in [2.24, 2.45) is 0 Å². The SMILES string of the molecule is COc1cccc(N(CC(=O)NC(C)(C)C)S(=O)(=O)c2ccc(C)cc2)c1. The van der Waals surface area contributed by atoms with E-state index in [0.29, 0.717) is 11.4 Å². The summed E-state index contributed by atoms with van der Waals surface area (Å²) in [6.07, 6.45) is 0. The standard InChI is InChI=1S/C20H26N2O4S/c1-15-9-11-18(12-10-15)27(24,25)22(14-19(23)21-20(2,3)4)16-7-6-8-17(13-16)26-5/h6-13H,14H2,1-5H3,(H,21,23). The van der Waals surface area contributed by atoms with Gasteiger partial charge in [-0.25, -0.2) is 8.42 Å². The van der Waals surface area contributed by atoms with E-state index in [2.05, 4.69) is 5.32 Å². The minimum atomic E-state index is -3.93. The van der Waals surface area contributed by atoms with Gasteiger partial charge in [-0.1, -0.05) is 23.8 Å². The number of carbonyl (C=O) groups excluding carboxylic acids is 1. The lowest BCUT2D eigenvalue weighted by Crippen LogP contribution is -2.47. The maximum absolute atomic E-state index is 13.2. The van der Waals surface area contributed by atoms with Gasteiger partial charge in [0, 0.05) is 11.6 Å². The molecule has 0 heterocycles. The van der Waals surface area contributed by atoms with Crippen LogP contribution in [0.5, 0.6) is 5.75 Å². The van der Waals surface area contributed by atoms with Crippen LogP contribution in [-0.4, -0.2) is 33.5 Å². The molecule has 1 N–H and O–H groups in total. The Labute approximate surface area is 161 Å². The summed E-state index contributed by atoms with van der Waals surface area (Å²) in [4.78, 5) is 12.6. The molecular weight excluding hydrogens is 364 g/mol. The van der Waals surface area contributed by atoms with E-state index < -0.39 is 15.6 Å². The molecule has 0 aliphatic carbocycles. The van der Waals surface area contributed by atoms with Crippen LogP contribution in [0.4, 0.5) is 5.69 Å². The van der Waals surface area contributed by atoms with Crippen molar-refractivity contribution in [3.63, 3.8) is 0 Å². The first-order valence-corrected chi connectivity index (χ1v) is 10.0. The van der Waals surface area contributed by atoms with Crippen LogP contribution in [-0.2, 0) is 14.8 Å². The monoisotopic (exact) mass is 390 g/mol. The van der Waals surface area contributed by atoms with Gasteiger partial charge in [-0.05, 0) is 52.0 Å². The van der Waals surface area contributed by atoms with Crippen molar-refractivity contribution < 1.29 is 17.9 Å². The number of benzene rings is 2. The smallest absolute Gasteiger partial charge is 0.264 e. The lowest BCUT2D eigenvalue weighted by molar-refractivity contribution is -0.121. The molecule has 2 aromatic rings. The third-order valence-electron chi connectivity index (χ3n) is 3.75. The topological polar surface area (TPSA) is 75.7 Å². The fourth-order valence-corrected chi connectivity index (χ4v) is 3.92. The van der Waals surface area contributed by atoms with Gasteiger partial charge < -0.3 is 10.1 Å². The van der Waals surface area contributed by atoms with Crippen molar-refractivity contribution in [2.75, 3.05) is 18.0 Å². The molecule has 0 aromatic heterocycles. The zero-order valence-electron chi connectivity index (χ0n) is 16.3. The summed E-state index contributed by atoms with van der Waals surface area (Å²) in [5.74, 6) is 0.119. The van der Waals surface area contributed by atoms with Gasteiger partial charge in [0.1, 0.15) is 12.3 Å². The highest BCUT2D eigenvalue weighted by atomic mass is 32.2. The number of carbonyl (C=O) groups is 1. The van der Waals surface area contributed by atoms with Gasteiger partial charge in [0.05, 0.1) is 17.7 Å². The second kappa shape index (κ2) is 8.00. The molecule has 0 bridgehead atoms. The van der Waals surface area contributed by atoms with E-state index >= 15 is 0 Å². The lowest BCUT2D eigenvalue weighted by Gasteiger charge is -2.27. The minimum Gasteiger partial charge on any atom is -0.497 e. The van der Waals surface area contributed by atoms with Crippen molar-refractivity contribution in [1.82, 2.24) is 5.32 Å². The van der Waals surface area contributed by atoms with E-state index in [4.69, 9.17) is 4.74 Å². The van der Waals surface area contributed by atoms with Crippen LogP contribution in [0.15, 0.2) is 53.4 Å². The van der Waals surface area contributed by atoms with Crippen molar-refractivity contribution in [1.29, 1.82) is 0 Å². The highest BCUT2D eigenvalue weighted by Crippen LogP contribution is 2.27. The number of hydrogen-bond acceptors (Lipinski definition) is 4. The molecule has 6 nitrogen and oxygen atoms in total. The molecule has 1 amide bonds. The van der Waals surface area contributed by atoms with Gasteiger partial charge in [0.25, 0.3) is 10.0 Å².